The lowest BCUT2D eigenvalue weighted by Crippen LogP contribution is -2.18. The van der Waals surface area contributed by atoms with Gasteiger partial charge in [-0.05, 0) is 49.9 Å². The zero-order chi connectivity index (χ0) is 18.7. The van der Waals surface area contributed by atoms with Crippen molar-refractivity contribution in [1.29, 1.82) is 0 Å². The van der Waals surface area contributed by atoms with Crippen LogP contribution < -0.4 is 10.1 Å². The molecule has 4 nitrogen and oxygen atoms in total. The normalized spacial score (nSPS) is 10.7. The summed E-state index contributed by atoms with van der Waals surface area (Å²) in [5.41, 5.74) is 3.51. The minimum Gasteiger partial charge on any atom is -0.493 e. The fourth-order valence-corrected chi connectivity index (χ4v) is 3.35. The number of pyridine rings is 1. The van der Waals surface area contributed by atoms with Crippen LogP contribution in [0.15, 0.2) is 12.1 Å². The molecule has 0 aliphatic heterocycles. The predicted octanol–water partition coefficient (Wildman–Crippen LogP) is 4.88. The maximum atomic E-state index is 13.8. The van der Waals surface area contributed by atoms with Crippen LogP contribution in [0.25, 0.3) is 0 Å². The average molecular weight is 365 g/mol. The Balaban J connectivity index is 2.52. The third-order valence-corrected chi connectivity index (χ3v) is 4.50. The second kappa shape index (κ2) is 7.83. The maximum Gasteiger partial charge on any atom is 0.259 e. The Morgan fingerprint density at radius 2 is 1.76 bits per heavy atom. The fourth-order valence-electron chi connectivity index (χ4n) is 2.91. The van der Waals surface area contributed by atoms with Crippen molar-refractivity contribution in [3.8, 4) is 5.75 Å². The highest BCUT2D eigenvalue weighted by Gasteiger charge is 2.22. The molecular formula is C19H22ClFN2O2. The zero-order valence-corrected chi connectivity index (χ0v) is 15.8. The van der Waals surface area contributed by atoms with Crippen molar-refractivity contribution >= 4 is 23.2 Å². The highest BCUT2D eigenvalue weighted by Crippen LogP contribution is 2.33. The lowest BCUT2D eigenvalue weighted by atomic mass is 10.0. The van der Waals surface area contributed by atoms with Crippen molar-refractivity contribution in [3.05, 3.63) is 51.1 Å². The van der Waals surface area contributed by atoms with E-state index < -0.39 is 0 Å². The van der Waals surface area contributed by atoms with Crippen LogP contribution >= 0.6 is 11.6 Å². The standard InChI is InChI=1S/C19H22ClFN2O2/c1-6-12-8-14(21)9-13(7-2)17(12)23-19(24)15-10(3)22-11(4)18(25-5)16(15)20/h8-9H,6-7H2,1-5H3,(H,23,24). The molecule has 134 valence electrons. The Hall–Kier alpha value is -2.14. The van der Waals surface area contributed by atoms with E-state index in [2.05, 4.69) is 10.3 Å². The van der Waals surface area contributed by atoms with E-state index in [9.17, 15) is 9.18 Å². The molecule has 0 fully saturated rings. The number of hydrogen-bond donors (Lipinski definition) is 1. The van der Waals surface area contributed by atoms with Crippen molar-refractivity contribution in [2.75, 3.05) is 12.4 Å². The van der Waals surface area contributed by atoms with E-state index in [1.54, 1.807) is 13.8 Å². The smallest absolute Gasteiger partial charge is 0.259 e. The van der Waals surface area contributed by atoms with E-state index in [1.807, 2.05) is 13.8 Å². The van der Waals surface area contributed by atoms with Crippen molar-refractivity contribution in [3.63, 3.8) is 0 Å². The van der Waals surface area contributed by atoms with Gasteiger partial charge in [-0.2, -0.15) is 0 Å². The van der Waals surface area contributed by atoms with Crippen LogP contribution in [0.5, 0.6) is 5.75 Å². The summed E-state index contributed by atoms with van der Waals surface area (Å²) in [5, 5.41) is 3.12. The number of amides is 1. The number of carbonyl (C=O) groups excluding carboxylic acids is 1. The third-order valence-electron chi connectivity index (χ3n) is 4.14. The van der Waals surface area contributed by atoms with Gasteiger partial charge < -0.3 is 10.1 Å². The topological polar surface area (TPSA) is 51.2 Å². The molecule has 0 bridgehead atoms. The predicted molar refractivity (Wildman–Crippen MR) is 98.4 cm³/mol. The van der Waals surface area contributed by atoms with Crippen LogP contribution in [0.4, 0.5) is 10.1 Å². The van der Waals surface area contributed by atoms with E-state index in [-0.39, 0.29) is 22.3 Å². The summed E-state index contributed by atoms with van der Waals surface area (Å²) in [6.07, 6.45) is 1.20. The molecule has 2 rings (SSSR count). The van der Waals surface area contributed by atoms with E-state index in [0.29, 0.717) is 35.7 Å². The molecule has 6 heteroatoms. The monoisotopic (exact) mass is 364 g/mol. The van der Waals surface area contributed by atoms with Crippen LogP contribution in [0.2, 0.25) is 5.02 Å². The number of anilines is 1. The number of benzene rings is 1. The van der Waals surface area contributed by atoms with Crippen LogP contribution in [-0.2, 0) is 12.8 Å². The number of aromatic nitrogens is 1. The van der Waals surface area contributed by atoms with E-state index in [1.165, 1.54) is 19.2 Å². The summed E-state index contributed by atoms with van der Waals surface area (Å²) in [5.74, 6) is -0.313. The van der Waals surface area contributed by atoms with Gasteiger partial charge in [0.2, 0.25) is 0 Å². The first kappa shape index (κ1) is 19.2. The molecule has 0 aliphatic carbocycles. The first-order valence-electron chi connectivity index (χ1n) is 8.17. The summed E-state index contributed by atoms with van der Waals surface area (Å²) in [4.78, 5) is 17.2. The second-order valence-electron chi connectivity index (χ2n) is 5.77. The summed E-state index contributed by atoms with van der Waals surface area (Å²) in [6.45, 7) is 7.32. The molecule has 1 aromatic heterocycles. The lowest BCUT2D eigenvalue weighted by Gasteiger charge is -2.17. The SMILES string of the molecule is CCc1cc(F)cc(CC)c1NC(=O)c1c(C)nc(C)c(OC)c1Cl. The van der Waals surface area contributed by atoms with Gasteiger partial charge >= 0.3 is 0 Å². The van der Waals surface area contributed by atoms with Gasteiger partial charge in [0.25, 0.3) is 5.91 Å². The van der Waals surface area contributed by atoms with Gasteiger partial charge in [-0.15, -0.1) is 0 Å². The Bertz CT molecular complexity index is 797. The summed E-state index contributed by atoms with van der Waals surface area (Å²) in [6, 6.07) is 2.88. The van der Waals surface area contributed by atoms with Gasteiger partial charge in [0.05, 0.1) is 29.1 Å². The van der Waals surface area contributed by atoms with Gasteiger partial charge in [-0.3, -0.25) is 9.78 Å². The Labute approximate surface area is 152 Å². The number of aryl methyl sites for hydroxylation is 4. The number of hydrogen-bond acceptors (Lipinski definition) is 3. The molecule has 0 spiro atoms. The second-order valence-corrected chi connectivity index (χ2v) is 6.14. The molecule has 1 amide bonds. The van der Waals surface area contributed by atoms with Crippen LogP contribution in [0.3, 0.4) is 0 Å². The molecule has 0 unspecified atom stereocenters. The van der Waals surface area contributed by atoms with Crippen LogP contribution in [0, 0.1) is 19.7 Å². The molecule has 0 saturated heterocycles. The van der Waals surface area contributed by atoms with Crippen molar-refractivity contribution in [2.45, 2.75) is 40.5 Å². The number of nitrogens with one attached hydrogen (secondary N) is 1. The third kappa shape index (κ3) is 3.76. The molecule has 25 heavy (non-hydrogen) atoms. The quantitative estimate of drug-likeness (QED) is 0.822. The molecule has 1 heterocycles. The number of methoxy groups -OCH3 is 1. The minimum absolute atomic E-state index is 0.225. The number of ether oxygens (including phenoxy) is 1. The Kier molecular flexibility index (Phi) is 6.01. The van der Waals surface area contributed by atoms with Gasteiger partial charge in [-0.1, -0.05) is 25.4 Å². The van der Waals surface area contributed by atoms with Crippen molar-refractivity contribution in [2.24, 2.45) is 0 Å². The van der Waals surface area contributed by atoms with Gasteiger partial charge in [0, 0.05) is 5.69 Å². The first-order valence-corrected chi connectivity index (χ1v) is 8.55. The number of halogens is 2. The number of nitrogens with zero attached hydrogens (tertiary/aromatic N) is 1. The first-order chi connectivity index (χ1) is 11.8. The molecule has 0 aliphatic rings. The summed E-state index contributed by atoms with van der Waals surface area (Å²) in [7, 11) is 1.48. The fraction of sp³-hybridized carbons (Fsp3) is 0.368. The molecule has 1 N–H and O–H groups in total. The van der Waals surface area contributed by atoms with E-state index in [0.717, 1.165) is 11.1 Å². The summed E-state index contributed by atoms with van der Waals surface area (Å²) < 4.78 is 19.0. The van der Waals surface area contributed by atoms with Crippen LogP contribution in [-0.4, -0.2) is 18.0 Å². The highest BCUT2D eigenvalue weighted by atomic mass is 35.5. The largest absolute Gasteiger partial charge is 0.493 e. The number of carbonyl (C=O) groups is 1. The lowest BCUT2D eigenvalue weighted by molar-refractivity contribution is 0.102. The Morgan fingerprint density at radius 3 is 2.24 bits per heavy atom. The molecule has 0 radical (unpaired) electrons. The minimum atomic E-state index is -0.385. The molecule has 0 saturated carbocycles. The van der Waals surface area contributed by atoms with Gasteiger partial charge in [0.15, 0.2) is 5.75 Å². The summed E-state index contributed by atoms with van der Waals surface area (Å²) >= 11 is 6.37. The van der Waals surface area contributed by atoms with E-state index in [4.69, 9.17) is 16.3 Å². The Morgan fingerprint density at radius 1 is 1.20 bits per heavy atom. The maximum absolute atomic E-state index is 13.8. The zero-order valence-electron chi connectivity index (χ0n) is 15.1. The molecule has 0 atom stereocenters. The average Bonchev–Trinajstić information content (AvgIpc) is 2.55. The molecule has 1 aromatic carbocycles. The highest BCUT2D eigenvalue weighted by molar-refractivity contribution is 6.36. The number of rotatable bonds is 5. The van der Waals surface area contributed by atoms with E-state index >= 15 is 0 Å². The van der Waals surface area contributed by atoms with Crippen molar-refractivity contribution < 1.29 is 13.9 Å². The van der Waals surface area contributed by atoms with Crippen LogP contribution in [0.1, 0.15) is 46.7 Å². The van der Waals surface area contributed by atoms with Crippen molar-refractivity contribution in [1.82, 2.24) is 4.98 Å². The van der Waals surface area contributed by atoms with Gasteiger partial charge in [-0.25, -0.2) is 4.39 Å². The van der Waals surface area contributed by atoms with Gasteiger partial charge in [0.1, 0.15) is 5.82 Å². The molecule has 2 aromatic rings. The molecular weight excluding hydrogens is 343 g/mol.